The van der Waals surface area contributed by atoms with Crippen LogP contribution in [-0.4, -0.2) is 6.26 Å². The van der Waals surface area contributed by atoms with Crippen molar-refractivity contribution in [3.63, 3.8) is 0 Å². The van der Waals surface area contributed by atoms with Crippen LogP contribution in [0.25, 0.3) is 0 Å². The lowest BCUT2D eigenvalue weighted by Crippen LogP contribution is -1.74. The van der Waals surface area contributed by atoms with Crippen molar-refractivity contribution in [2.24, 2.45) is 0 Å². The molecule has 0 saturated heterocycles. The quantitative estimate of drug-likeness (QED) is 0.650. The van der Waals surface area contributed by atoms with E-state index >= 15 is 0 Å². The zero-order valence-corrected chi connectivity index (χ0v) is 8.32. The molecule has 0 nitrogen and oxygen atoms in total. The molecule has 1 aromatic carbocycles. The summed E-state index contributed by atoms with van der Waals surface area (Å²) in [6.07, 6.45) is 2.12. The van der Waals surface area contributed by atoms with E-state index in [1.54, 1.807) is 0 Å². The molecule has 0 spiro atoms. The molecule has 1 heteroatoms. The fraction of sp³-hybridized carbons (Fsp3) is 0.400. The van der Waals surface area contributed by atoms with E-state index < -0.39 is 0 Å². The first kappa shape index (κ1) is 10.6. The first-order valence-electron chi connectivity index (χ1n) is 3.96. The molecule has 0 bridgehead atoms. The van der Waals surface area contributed by atoms with Gasteiger partial charge in [0, 0.05) is 5.75 Å². The minimum absolute atomic E-state index is 1.13. The van der Waals surface area contributed by atoms with Gasteiger partial charge in [0.15, 0.2) is 0 Å². The Balaban J connectivity index is 0.000000461. The van der Waals surface area contributed by atoms with Gasteiger partial charge >= 0.3 is 0 Å². The Bertz CT molecular complexity index is 158. The Morgan fingerprint density at radius 1 is 1.09 bits per heavy atom. The first-order chi connectivity index (χ1) is 5.43. The molecule has 0 aliphatic carbocycles. The highest BCUT2D eigenvalue weighted by atomic mass is 32.2. The van der Waals surface area contributed by atoms with Gasteiger partial charge in [0.1, 0.15) is 0 Å². The monoisotopic (exact) mass is 168 g/mol. The van der Waals surface area contributed by atoms with E-state index in [4.69, 9.17) is 0 Å². The molecule has 0 unspecified atom stereocenters. The second-order valence-corrected chi connectivity index (χ2v) is 2.78. The van der Waals surface area contributed by atoms with E-state index in [0.29, 0.717) is 0 Å². The van der Waals surface area contributed by atoms with Crippen molar-refractivity contribution in [2.45, 2.75) is 19.6 Å². The highest BCUT2D eigenvalue weighted by Gasteiger charge is 1.84. The van der Waals surface area contributed by atoms with E-state index in [2.05, 4.69) is 30.5 Å². The van der Waals surface area contributed by atoms with Gasteiger partial charge in [-0.3, -0.25) is 0 Å². The minimum Gasteiger partial charge on any atom is -0.161 e. The summed E-state index contributed by atoms with van der Waals surface area (Å²) in [6.45, 7) is 4.00. The molecule has 0 aliphatic rings. The third-order valence-electron chi connectivity index (χ3n) is 1.15. The van der Waals surface area contributed by atoms with Crippen LogP contribution in [0.15, 0.2) is 30.3 Å². The van der Waals surface area contributed by atoms with Gasteiger partial charge in [-0.05, 0) is 11.8 Å². The molecule has 1 aromatic rings. The van der Waals surface area contributed by atoms with E-state index in [9.17, 15) is 0 Å². The zero-order valence-electron chi connectivity index (χ0n) is 7.50. The average molecular weight is 168 g/mol. The number of benzene rings is 1. The van der Waals surface area contributed by atoms with E-state index in [0.717, 1.165) is 5.75 Å². The summed E-state index contributed by atoms with van der Waals surface area (Å²) in [5, 5.41) is 0. The van der Waals surface area contributed by atoms with Crippen LogP contribution in [-0.2, 0) is 5.75 Å². The summed E-state index contributed by atoms with van der Waals surface area (Å²) >= 11 is 1.85. The summed E-state index contributed by atoms with van der Waals surface area (Å²) < 4.78 is 0. The summed E-state index contributed by atoms with van der Waals surface area (Å²) in [6, 6.07) is 10.5. The third-order valence-corrected chi connectivity index (χ3v) is 1.78. The van der Waals surface area contributed by atoms with Crippen LogP contribution in [0.3, 0.4) is 0 Å². The normalized spacial score (nSPS) is 8.27. The zero-order chi connectivity index (χ0) is 8.53. The maximum atomic E-state index is 2.15. The molecule has 0 amide bonds. The standard InChI is InChI=1S/C8H10S.C2H6/c1-9-7-8-5-3-2-4-6-8;1-2/h2-6H,7H2,1H3;1-2H3. The van der Waals surface area contributed by atoms with Gasteiger partial charge in [-0.1, -0.05) is 44.2 Å². The lowest BCUT2D eigenvalue weighted by atomic mass is 10.2. The maximum Gasteiger partial charge on any atom is 0.0181 e. The minimum atomic E-state index is 1.13. The van der Waals surface area contributed by atoms with Gasteiger partial charge in [0.25, 0.3) is 0 Å². The van der Waals surface area contributed by atoms with E-state index in [-0.39, 0.29) is 0 Å². The van der Waals surface area contributed by atoms with Crippen LogP contribution in [0.2, 0.25) is 0 Å². The largest absolute Gasteiger partial charge is 0.161 e. The predicted molar refractivity (Wildman–Crippen MR) is 55.0 cm³/mol. The summed E-state index contributed by atoms with van der Waals surface area (Å²) in [5.74, 6) is 1.13. The van der Waals surface area contributed by atoms with Crippen LogP contribution >= 0.6 is 11.8 Å². The third kappa shape index (κ3) is 4.91. The first-order valence-corrected chi connectivity index (χ1v) is 5.36. The predicted octanol–water partition coefficient (Wildman–Crippen LogP) is 3.58. The maximum absolute atomic E-state index is 2.15. The number of rotatable bonds is 2. The van der Waals surface area contributed by atoms with Crippen LogP contribution in [0, 0.1) is 0 Å². The van der Waals surface area contributed by atoms with Gasteiger partial charge < -0.3 is 0 Å². The summed E-state index contributed by atoms with van der Waals surface area (Å²) in [4.78, 5) is 0. The van der Waals surface area contributed by atoms with Crippen molar-refractivity contribution >= 4 is 11.8 Å². The molecule has 11 heavy (non-hydrogen) atoms. The fourth-order valence-corrected chi connectivity index (χ4v) is 1.27. The Morgan fingerprint density at radius 2 is 1.64 bits per heavy atom. The topological polar surface area (TPSA) is 0 Å². The fourth-order valence-electron chi connectivity index (χ4n) is 0.741. The van der Waals surface area contributed by atoms with Crippen molar-refractivity contribution in [1.29, 1.82) is 0 Å². The molecule has 0 radical (unpaired) electrons. The molecule has 1 rings (SSSR count). The van der Waals surface area contributed by atoms with Crippen molar-refractivity contribution in [3.05, 3.63) is 35.9 Å². The van der Waals surface area contributed by atoms with Gasteiger partial charge in [-0.25, -0.2) is 0 Å². The van der Waals surface area contributed by atoms with Crippen LogP contribution in [0.5, 0.6) is 0 Å². The summed E-state index contributed by atoms with van der Waals surface area (Å²) in [5.41, 5.74) is 1.41. The molecule has 0 atom stereocenters. The smallest absolute Gasteiger partial charge is 0.0181 e. The summed E-state index contributed by atoms with van der Waals surface area (Å²) in [7, 11) is 0. The SMILES string of the molecule is CC.CSCc1ccccc1. The second kappa shape index (κ2) is 7.67. The molecule has 0 fully saturated rings. The van der Waals surface area contributed by atoms with Crippen molar-refractivity contribution in [1.82, 2.24) is 0 Å². The van der Waals surface area contributed by atoms with Crippen LogP contribution in [0.1, 0.15) is 19.4 Å². The number of thioether (sulfide) groups is 1. The lowest BCUT2D eigenvalue weighted by molar-refractivity contribution is 1.42. The number of hydrogen-bond acceptors (Lipinski definition) is 1. The van der Waals surface area contributed by atoms with E-state index in [1.807, 2.05) is 31.7 Å². The Hall–Kier alpha value is -0.430. The Morgan fingerprint density at radius 3 is 2.09 bits per heavy atom. The Kier molecular flexibility index (Phi) is 7.37. The molecular weight excluding hydrogens is 152 g/mol. The molecule has 62 valence electrons. The highest BCUT2D eigenvalue weighted by Crippen LogP contribution is 2.06. The van der Waals surface area contributed by atoms with Crippen molar-refractivity contribution in [3.8, 4) is 0 Å². The van der Waals surface area contributed by atoms with E-state index in [1.165, 1.54) is 5.56 Å². The molecule has 0 aliphatic heterocycles. The second-order valence-electron chi connectivity index (χ2n) is 1.92. The van der Waals surface area contributed by atoms with Crippen LogP contribution in [0.4, 0.5) is 0 Å². The van der Waals surface area contributed by atoms with Gasteiger partial charge in [-0.2, -0.15) is 11.8 Å². The highest BCUT2D eigenvalue weighted by molar-refractivity contribution is 7.97. The van der Waals surface area contributed by atoms with Crippen LogP contribution < -0.4 is 0 Å². The lowest BCUT2D eigenvalue weighted by Gasteiger charge is -1.93. The van der Waals surface area contributed by atoms with Gasteiger partial charge in [-0.15, -0.1) is 0 Å². The van der Waals surface area contributed by atoms with Gasteiger partial charge in [0.05, 0.1) is 0 Å². The number of hydrogen-bond donors (Lipinski definition) is 0. The van der Waals surface area contributed by atoms with Crippen molar-refractivity contribution in [2.75, 3.05) is 6.26 Å². The molecule has 0 N–H and O–H groups in total. The van der Waals surface area contributed by atoms with Gasteiger partial charge in [0.2, 0.25) is 0 Å². The molecular formula is C10H16S. The molecule has 0 heterocycles. The van der Waals surface area contributed by atoms with Crippen molar-refractivity contribution < 1.29 is 0 Å². The molecule has 0 saturated carbocycles. The average Bonchev–Trinajstić information content (AvgIpc) is 2.11. The Labute approximate surface area is 74.0 Å². The molecule has 0 aromatic heterocycles.